The van der Waals surface area contributed by atoms with Crippen molar-refractivity contribution in [3.05, 3.63) is 53.6 Å². The second-order valence-corrected chi connectivity index (χ2v) is 10.9. The largest absolute Gasteiger partial charge is 0.493 e. The number of amides is 2. The second kappa shape index (κ2) is 12.8. The van der Waals surface area contributed by atoms with Gasteiger partial charge in [-0.15, -0.1) is 0 Å². The van der Waals surface area contributed by atoms with Crippen LogP contribution in [0.25, 0.3) is 0 Å². The van der Waals surface area contributed by atoms with Crippen LogP contribution in [0.4, 0.5) is 4.79 Å². The average Bonchev–Trinajstić information content (AvgIpc) is 3.40. The van der Waals surface area contributed by atoms with Gasteiger partial charge in [-0.1, -0.05) is 49.2 Å². The van der Waals surface area contributed by atoms with Crippen molar-refractivity contribution in [1.82, 2.24) is 14.7 Å². The molecule has 3 atom stereocenters. The molecular formula is C31H41N3O6. The predicted octanol–water partition coefficient (Wildman–Crippen LogP) is 4.33. The van der Waals surface area contributed by atoms with Crippen LogP contribution in [0, 0.1) is 5.92 Å². The van der Waals surface area contributed by atoms with Crippen LogP contribution >= 0.6 is 0 Å². The molecule has 1 saturated carbocycles. The van der Waals surface area contributed by atoms with E-state index in [0.717, 1.165) is 56.3 Å². The Labute approximate surface area is 236 Å². The fourth-order valence-corrected chi connectivity index (χ4v) is 6.60. The Morgan fingerprint density at radius 2 is 1.57 bits per heavy atom. The topological polar surface area (TPSA) is 80.8 Å². The Morgan fingerprint density at radius 3 is 2.27 bits per heavy atom. The normalized spacial score (nSPS) is 22.9. The zero-order valence-electron chi connectivity index (χ0n) is 23.8. The number of piperazine rings is 1. The molecule has 2 aromatic carbocycles. The van der Waals surface area contributed by atoms with Gasteiger partial charge in [0.25, 0.3) is 0 Å². The minimum atomic E-state index is -0.450. The molecule has 1 aliphatic carbocycles. The Kier molecular flexibility index (Phi) is 8.99. The highest BCUT2D eigenvalue weighted by Gasteiger charge is 2.49. The van der Waals surface area contributed by atoms with Gasteiger partial charge in [-0.3, -0.25) is 14.6 Å². The van der Waals surface area contributed by atoms with Gasteiger partial charge < -0.3 is 23.8 Å². The summed E-state index contributed by atoms with van der Waals surface area (Å²) in [6, 6.07) is 13.2. The molecular weight excluding hydrogens is 510 g/mol. The van der Waals surface area contributed by atoms with E-state index in [2.05, 4.69) is 4.90 Å². The van der Waals surface area contributed by atoms with Crippen LogP contribution in [-0.4, -0.2) is 86.3 Å². The summed E-state index contributed by atoms with van der Waals surface area (Å²) < 4.78 is 22.4. The highest BCUT2D eigenvalue weighted by atomic mass is 16.6. The number of carbonyl (C=O) groups is 2. The molecule has 216 valence electrons. The number of fused-ring (bicyclic) bond motifs is 1. The van der Waals surface area contributed by atoms with Gasteiger partial charge in [-0.25, -0.2) is 4.79 Å². The van der Waals surface area contributed by atoms with E-state index in [1.54, 1.807) is 26.2 Å². The van der Waals surface area contributed by atoms with E-state index in [-0.39, 0.29) is 24.6 Å². The van der Waals surface area contributed by atoms with E-state index in [1.165, 1.54) is 0 Å². The molecule has 2 aromatic rings. The first-order valence-corrected chi connectivity index (χ1v) is 14.3. The fraction of sp³-hybridized carbons (Fsp3) is 0.548. The van der Waals surface area contributed by atoms with E-state index >= 15 is 0 Å². The van der Waals surface area contributed by atoms with Gasteiger partial charge in [0, 0.05) is 44.3 Å². The molecule has 0 radical (unpaired) electrons. The maximum atomic E-state index is 13.9. The van der Waals surface area contributed by atoms with E-state index in [0.29, 0.717) is 42.8 Å². The summed E-state index contributed by atoms with van der Waals surface area (Å²) in [6.45, 7) is 3.60. The first-order valence-electron chi connectivity index (χ1n) is 14.3. The van der Waals surface area contributed by atoms with Gasteiger partial charge in [0.15, 0.2) is 11.5 Å². The summed E-state index contributed by atoms with van der Waals surface area (Å²) in [5, 5.41) is 0. The molecule has 9 nitrogen and oxygen atoms in total. The van der Waals surface area contributed by atoms with Gasteiger partial charge in [0.05, 0.1) is 21.3 Å². The van der Waals surface area contributed by atoms with Crippen molar-refractivity contribution in [3.63, 3.8) is 0 Å². The number of nitrogens with zero attached hydrogens (tertiary/aromatic N) is 3. The zero-order valence-corrected chi connectivity index (χ0v) is 23.8. The number of hydrogen-bond acceptors (Lipinski definition) is 7. The Balaban J connectivity index is 1.23. The Morgan fingerprint density at radius 1 is 0.850 bits per heavy atom. The number of hydrogen-bond donors (Lipinski definition) is 0. The quantitative estimate of drug-likeness (QED) is 0.483. The van der Waals surface area contributed by atoms with Crippen molar-refractivity contribution < 1.29 is 28.5 Å². The summed E-state index contributed by atoms with van der Waals surface area (Å²) in [6.07, 6.45) is 4.62. The van der Waals surface area contributed by atoms with Gasteiger partial charge in [-0.05, 0) is 36.8 Å². The molecule has 0 N–H and O–H groups in total. The molecule has 3 aliphatic rings. The maximum Gasteiger partial charge on any atom is 0.411 e. The molecule has 2 heterocycles. The number of carbonyl (C=O) groups excluding carboxylic acids is 2. The summed E-state index contributed by atoms with van der Waals surface area (Å²) >= 11 is 0. The molecule has 2 saturated heterocycles. The second-order valence-electron chi connectivity index (χ2n) is 10.9. The van der Waals surface area contributed by atoms with E-state index in [9.17, 15) is 9.59 Å². The lowest BCUT2D eigenvalue weighted by Crippen LogP contribution is -2.55. The van der Waals surface area contributed by atoms with Crippen molar-refractivity contribution in [3.8, 4) is 17.2 Å². The smallest absolute Gasteiger partial charge is 0.411 e. The average molecular weight is 552 g/mol. The Hall–Kier alpha value is -3.46. The highest BCUT2D eigenvalue weighted by molar-refractivity contribution is 5.86. The third-order valence-electron chi connectivity index (χ3n) is 8.65. The lowest BCUT2D eigenvalue weighted by Gasteiger charge is -2.38. The minimum Gasteiger partial charge on any atom is -0.493 e. The summed E-state index contributed by atoms with van der Waals surface area (Å²) in [5.74, 6) is 2.29. The number of ether oxygens (including phenoxy) is 4. The molecule has 3 fully saturated rings. The summed E-state index contributed by atoms with van der Waals surface area (Å²) in [4.78, 5) is 33.3. The van der Waals surface area contributed by atoms with Crippen LogP contribution in [0.5, 0.6) is 17.2 Å². The third-order valence-corrected chi connectivity index (χ3v) is 8.65. The maximum absolute atomic E-state index is 13.9. The molecule has 0 unspecified atom stereocenters. The first kappa shape index (κ1) is 28.1. The van der Waals surface area contributed by atoms with E-state index < -0.39 is 6.04 Å². The lowest BCUT2D eigenvalue weighted by atomic mass is 9.85. The van der Waals surface area contributed by atoms with Gasteiger partial charge >= 0.3 is 6.09 Å². The molecule has 0 aromatic heterocycles. The van der Waals surface area contributed by atoms with Crippen LogP contribution in [0.1, 0.15) is 43.2 Å². The molecule has 2 amide bonds. The van der Waals surface area contributed by atoms with Crippen molar-refractivity contribution in [2.75, 3.05) is 47.5 Å². The van der Waals surface area contributed by atoms with Crippen molar-refractivity contribution in [2.45, 2.75) is 57.3 Å². The molecule has 40 heavy (non-hydrogen) atoms. The lowest BCUT2D eigenvalue weighted by molar-refractivity contribution is -0.137. The first-order chi connectivity index (χ1) is 19.5. The van der Waals surface area contributed by atoms with Crippen molar-refractivity contribution in [2.24, 2.45) is 5.92 Å². The highest BCUT2D eigenvalue weighted by Crippen LogP contribution is 2.42. The van der Waals surface area contributed by atoms with Gasteiger partial charge in [0.2, 0.25) is 11.7 Å². The number of benzene rings is 2. The van der Waals surface area contributed by atoms with Crippen LogP contribution < -0.4 is 14.2 Å². The summed E-state index contributed by atoms with van der Waals surface area (Å²) in [5.41, 5.74) is 1.95. The SMILES string of the molecule is COc1ccc(CN2CCN(C(=O)[C@@H]3C[C@@H]4CCCC[C@@H]4N3C(=O)OCc3ccccc3)CC2)c(OC)c1OC. The monoisotopic (exact) mass is 551 g/mol. The van der Waals surface area contributed by atoms with Crippen LogP contribution in [0.15, 0.2) is 42.5 Å². The van der Waals surface area contributed by atoms with Gasteiger partial charge in [-0.2, -0.15) is 0 Å². The fourth-order valence-electron chi connectivity index (χ4n) is 6.60. The summed E-state index contributed by atoms with van der Waals surface area (Å²) in [7, 11) is 4.85. The number of rotatable bonds is 8. The molecule has 0 spiro atoms. The van der Waals surface area contributed by atoms with E-state index in [4.69, 9.17) is 18.9 Å². The molecule has 0 bridgehead atoms. The molecule has 9 heteroatoms. The predicted molar refractivity (Wildman–Crippen MR) is 151 cm³/mol. The number of likely N-dealkylation sites (tertiary alicyclic amines) is 1. The van der Waals surface area contributed by atoms with Crippen LogP contribution in [0.3, 0.4) is 0 Å². The van der Waals surface area contributed by atoms with Crippen molar-refractivity contribution >= 4 is 12.0 Å². The molecule has 5 rings (SSSR count). The van der Waals surface area contributed by atoms with E-state index in [1.807, 2.05) is 47.4 Å². The van der Waals surface area contributed by atoms with Crippen LogP contribution in [0.2, 0.25) is 0 Å². The van der Waals surface area contributed by atoms with Crippen molar-refractivity contribution in [1.29, 1.82) is 0 Å². The number of methoxy groups -OCH3 is 3. The zero-order chi connectivity index (χ0) is 28.1. The van der Waals surface area contributed by atoms with Crippen LogP contribution in [-0.2, 0) is 22.7 Å². The standard InChI is InChI=1S/C31H41N3O6/c1-37-27-14-13-24(28(38-2)29(27)39-3)20-32-15-17-33(18-16-32)30(35)26-19-23-11-7-8-12-25(23)34(26)31(36)40-21-22-9-5-4-6-10-22/h4-6,9-10,13-14,23,25-26H,7-8,11-12,15-21H2,1-3H3/t23-,25-,26-/m0/s1. The minimum absolute atomic E-state index is 0.0504. The Bertz CT molecular complexity index is 1170. The van der Waals surface area contributed by atoms with Gasteiger partial charge in [0.1, 0.15) is 12.6 Å². The third kappa shape index (κ3) is 5.84. The molecule has 2 aliphatic heterocycles.